The number of nitrogen functional groups attached to an aromatic ring is 1. The van der Waals surface area contributed by atoms with E-state index in [9.17, 15) is 4.79 Å². The molecule has 0 radical (unpaired) electrons. The molecule has 1 aromatic heterocycles. The van der Waals surface area contributed by atoms with Crippen molar-refractivity contribution in [1.29, 1.82) is 0 Å². The van der Waals surface area contributed by atoms with Crippen molar-refractivity contribution in [3.05, 3.63) is 4.88 Å². The number of rotatable bonds is 5. The third kappa shape index (κ3) is 3.18. The number of nitrogens with two attached hydrogens (primary N) is 1. The van der Waals surface area contributed by atoms with Crippen LogP contribution in [0.4, 0.5) is 10.9 Å². The highest BCUT2D eigenvalue weighted by Gasteiger charge is 2.28. The minimum Gasteiger partial charge on any atom is -0.382 e. The van der Waals surface area contributed by atoms with Gasteiger partial charge in [-0.15, -0.1) is 0 Å². The number of carbonyl (C=O) groups excluding carboxylic acids is 1. The molecular formula is C13H22N4OS. The number of nitrogens with one attached hydrogen (secondary N) is 1. The molecule has 1 atom stereocenters. The van der Waals surface area contributed by atoms with Crippen molar-refractivity contribution in [1.82, 2.24) is 9.88 Å². The van der Waals surface area contributed by atoms with E-state index in [1.54, 1.807) is 0 Å². The van der Waals surface area contributed by atoms with Crippen molar-refractivity contribution in [2.75, 3.05) is 30.7 Å². The monoisotopic (exact) mass is 282 g/mol. The molecule has 0 spiro atoms. The Labute approximate surface area is 118 Å². The first-order chi connectivity index (χ1) is 9.15. The van der Waals surface area contributed by atoms with Crippen molar-refractivity contribution in [2.45, 2.75) is 33.1 Å². The topological polar surface area (TPSA) is 71.2 Å². The Morgan fingerprint density at radius 2 is 2.37 bits per heavy atom. The summed E-state index contributed by atoms with van der Waals surface area (Å²) in [5.41, 5.74) is 5.86. The van der Waals surface area contributed by atoms with Gasteiger partial charge in [0, 0.05) is 19.6 Å². The molecule has 0 bridgehead atoms. The Bertz CT molecular complexity index is 446. The SMILES string of the molecule is CCCNc1nc(N)c(C(=O)N2CCC(CC)C2)s1. The highest BCUT2D eigenvalue weighted by atomic mass is 32.1. The van der Waals surface area contributed by atoms with Gasteiger partial charge in [-0.1, -0.05) is 31.6 Å². The van der Waals surface area contributed by atoms with E-state index in [-0.39, 0.29) is 5.91 Å². The minimum atomic E-state index is 0.0375. The standard InChI is InChI=1S/C13H22N4OS/c1-3-6-15-13-16-11(14)10(19-13)12(18)17-7-5-9(4-2)8-17/h9H,3-8,14H2,1-2H3,(H,15,16). The second-order valence-corrected chi connectivity index (χ2v) is 5.97. The normalized spacial score (nSPS) is 18.8. The number of likely N-dealkylation sites (tertiary alicyclic amines) is 1. The molecule has 1 fully saturated rings. The first kappa shape index (κ1) is 14.1. The van der Waals surface area contributed by atoms with Crippen LogP contribution in [-0.4, -0.2) is 35.4 Å². The number of nitrogens with zero attached hydrogens (tertiary/aromatic N) is 2. The van der Waals surface area contributed by atoms with E-state index in [4.69, 9.17) is 5.73 Å². The maximum Gasteiger partial charge on any atom is 0.267 e. The van der Waals surface area contributed by atoms with Crippen LogP contribution in [0, 0.1) is 5.92 Å². The smallest absolute Gasteiger partial charge is 0.267 e. The number of hydrogen-bond acceptors (Lipinski definition) is 5. The third-order valence-electron chi connectivity index (χ3n) is 3.52. The predicted octanol–water partition coefficient (Wildman–Crippen LogP) is 2.42. The van der Waals surface area contributed by atoms with Crippen LogP contribution in [0.25, 0.3) is 0 Å². The van der Waals surface area contributed by atoms with Crippen LogP contribution in [0.3, 0.4) is 0 Å². The summed E-state index contributed by atoms with van der Waals surface area (Å²) in [7, 11) is 0. The van der Waals surface area contributed by atoms with Crippen molar-refractivity contribution in [2.24, 2.45) is 5.92 Å². The second-order valence-electron chi connectivity index (χ2n) is 4.97. The van der Waals surface area contributed by atoms with Crippen LogP contribution < -0.4 is 11.1 Å². The van der Waals surface area contributed by atoms with Gasteiger partial charge < -0.3 is 16.0 Å². The zero-order valence-corrected chi connectivity index (χ0v) is 12.4. The van der Waals surface area contributed by atoms with Gasteiger partial charge in [-0.25, -0.2) is 4.98 Å². The first-order valence-corrected chi connectivity index (χ1v) is 7.76. The number of amides is 1. The van der Waals surface area contributed by atoms with Gasteiger partial charge in [-0.2, -0.15) is 0 Å². The molecule has 0 aliphatic carbocycles. The molecule has 1 unspecified atom stereocenters. The lowest BCUT2D eigenvalue weighted by atomic mass is 10.1. The molecule has 2 rings (SSSR count). The number of anilines is 2. The molecule has 0 aromatic carbocycles. The molecule has 2 heterocycles. The molecule has 1 amide bonds. The fourth-order valence-electron chi connectivity index (χ4n) is 2.29. The van der Waals surface area contributed by atoms with E-state index in [1.807, 2.05) is 4.90 Å². The molecule has 1 saturated heterocycles. The summed E-state index contributed by atoms with van der Waals surface area (Å²) in [6.07, 6.45) is 3.25. The van der Waals surface area contributed by atoms with Crippen LogP contribution in [0.5, 0.6) is 0 Å². The Morgan fingerprint density at radius 1 is 1.58 bits per heavy atom. The summed E-state index contributed by atoms with van der Waals surface area (Å²) < 4.78 is 0. The summed E-state index contributed by atoms with van der Waals surface area (Å²) in [5, 5.41) is 3.92. The molecule has 6 heteroatoms. The molecule has 5 nitrogen and oxygen atoms in total. The minimum absolute atomic E-state index is 0.0375. The van der Waals surface area contributed by atoms with Gasteiger partial charge >= 0.3 is 0 Å². The first-order valence-electron chi connectivity index (χ1n) is 6.95. The zero-order chi connectivity index (χ0) is 13.8. The molecule has 1 aliphatic heterocycles. The summed E-state index contributed by atoms with van der Waals surface area (Å²) in [5.74, 6) is 1.03. The van der Waals surface area contributed by atoms with Crippen LogP contribution in [0.1, 0.15) is 42.8 Å². The quantitative estimate of drug-likeness (QED) is 0.870. The Morgan fingerprint density at radius 3 is 3.00 bits per heavy atom. The average Bonchev–Trinajstić information content (AvgIpc) is 3.02. The van der Waals surface area contributed by atoms with Crippen molar-refractivity contribution < 1.29 is 4.79 Å². The highest BCUT2D eigenvalue weighted by molar-refractivity contribution is 7.18. The maximum atomic E-state index is 12.4. The van der Waals surface area contributed by atoms with Crippen molar-refractivity contribution in [3.8, 4) is 0 Å². The van der Waals surface area contributed by atoms with Gasteiger partial charge in [0.1, 0.15) is 10.7 Å². The molecular weight excluding hydrogens is 260 g/mol. The summed E-state index contributed by atoms with van der Waals surface area (Å²) in [6, 6.07) is 0. The highest BCUT2D eigenvalue weighted by Crippen LogP contribution is 2.29. The Kier molecular flexibility index (Phi) is 4.63. The zero-order valence-electron chi connectivity index (χ0n) is 11.6. The molecule has 106 valence electrons. The third-order valence-corrected chi connectivity index (χ3v) is 4.54. The molecule has 1 aromatic rings. The lowest BCUT2D eigenvalue weighted by molar-refractivity contribution is 0.0792. The van der Waals surface area contributed by atoms with Crippen molar-refractivity contribution >= 4 is 28.2 Å². The van der Waals surface area contributed by atoms with Crippen LogP contribution in [-0.2, 0) is 0 Å². The van der Waals surface area contributed by atoms with Gasteiger partial charge in [0.2, 0.25) is 0 Å². The number of thiazole rings is 1. The predicted molar refractivity (Wildman–Crippen MR) is 79.6 cm³/mol. The van der Waals surface area contributed by atoms with Crippen molar-refractivity contribution in [3.63, 3.8) is 0 Å². The molecule has 0 saturated carbocycles. The van der Waals surface area contributed by atoms with Crippen LogP contribution in [0.15, 0.2) is 0 Å². The van der Waals surface area contributed by atoms with Gasteiger partial charge in [-0.05, 0) is 18.8 Å². The van der Waals surface area contributed by atoms with E-state index < -0.39 is 0 Å². The number of hydrogen-bond donors (Lipinski definition) is 2. The van der Waals surface area contributed by atoms with E-state index >= 15 is 0 Å². The van der Waals surface area contributed by atoms with Gasteiger partial charge in [0.15, 0.2) is 5.13 Å². The summed E-state index contributed by atoms with van der Waals surface area (Å²) in [4.78, 5) is 19.1. The number of aromatic nitrogens is 1. The number of carbonyl (C=O) groups is 1. The summed E-state index contributed by atoms with van der Waals surface area (Å²) >= 11 is 1.36. The molecule has 1 aliphatic rings. The fourth-order valence-corrected chi connectivity index (χ4v) is 3.16. The van der Waals surface area contributed by atoms with E-state index in [2.05, 4.69) is 24.1 Å². The lowest BCUT2D eigenvalue weighted by Gasteiger charge is -2.15. The second kappa shape index (κ2) is 6.23. The van der Waals surface area contributed by atoms with Gasteiger partial charge in [0.05, 0.1) is 0 Å². The van der Waals surface area contributed by atoms with Gasteiger partial charge in [-0.3, -0.25) is 4.79 Å². The van der Waals surface area contributed by atoms with Crippen LogP contribution in [0.2, 0.25) is 0 Å². The fraction of sp³-hybridized carbons (Fsp3) is 0.692. The molecule has 19 heavy (non-hydrogen) atoms. The maximum absolute atomic E-state index is 12.4. The van der Waals surface area contributed by atoms with E-state index in [0.717, 1.165) is 44.0 Å². The molecule has 3 N–H and O–H groups in total. The van der Waals surface area contributed by atoms with E-state index in [1.165, 1.54) is 11.3 Å². The Hall–Kier alpha value is -1.30. The summed E-state index contributed by atoms with van der Waals surface area (Å²) in [6.45, 7) is 6.80. The van der Waals surface area contributed by atoms with E-state index in [0.29, 0.717) is 16.6 Å². The van der Waals surface area contributed by atoms with Gasteiger partial charge in [0.25, 0.3) is 5.91 Å². The average molecular weight is 282 g/mol. The van der Waals surface area contributed by atoms with Crippen LogP contribution >= 0.6 is 11.3 Å². The Balaban J connectivity index is 2.04. The largest absolute Gasteiger partial charge is 0.382 e. The lowest BCUT2D eigenvalue weighted by Crippen LogP contribution is -2.28.